The van der Waals surface area contributed by atoms with Crippen molar-refractivity contribution in [1.29, 1.82) is 0 Å². The number of hydrogen-bond acceptors (Lipinski definition) is 3. The molecule has 0 aromatic heterocycles. The van der Waals surface area contributed by atoms with E-state index in [9.17, 15) is 14.0 Å². The lowest BCUT2D eigenvalue weighted by atomic mass is 9.89. The minimum absolute atomic E-state index is 0.00175. The Hall–Kier alpha value is -1.95. The van der Waals surface area contributed by atoms with Crippen LogP contribution in [-0.4, -0.2) is 48.6 Å². The summed E-state index contributed by atoms with van der Waals surface area (Å²) in [6, 6.07) is 6.06. The van der Waals surface area contributed by atoms with Crippen LogP contribution in [0.25, 0.3) is 0 Å². The van der Waals surface area contributed by atoms with Crippen molar-refractivity contribution >= 4 is 17.5 Å². The first-order valence-corrected chi connectivity index (χ1v) is 8.01. The molecule has 6 heteroatoms. The normalized spacial score (nSPS) is 20.9. The number of benzene rings is 1. The molecular formula is C17H21FN2O3. The summed E-state index contributed by atoms with van der Waals surface area (Å²) in [6.45, 7) is 3.53. The Morgan fingerprint density at radius 2 is 2.09 bits per heavy atom. The van der Waals surface area contributed by atoms with Gasteiger partial charge in [0, 0.05) is 25.2 Å². The maximum Gasteiger partial charge on any atom is 0.253 e. The van der Waals surface area contributed by atoms with Crippen LogP contribution in [0.1, 0.15) is 26.2 Å². The molecule has 0 unspecified atom stereocenters. The summed E-state index contributed by atoms with van der Waals surface area (Å²) in [5.74, 6) is -0.374. The van der Waals surface area contributed by atoms with E-state index in [4.69, 9.17) is 4.74 Å². The van der Waals surface area contributed by atoms with Gasteiger partial charge in [-0.05, 0) is 31.0 Å². The number of rotatable bonds is 2. The van der Waals surface area contributed by atoms with E-state index >= 15 is 0 Å². The topological polar surface area (TPSA) is 49.9 Å². The fourth-order valence-corrected chi connectivity index (χ4v) is 3.28. The molecule has 0 saturated carbocycles. The van der Waals surface area contributed by atoms with E-state index in [-0.39, 0.29) is 24.2 Å². The van der Waals surface area contributed by atoms with Crippen LogP contribution in [0.15, 0.2) is 24.3 Å². The first kappa shape index (κ1) is 15.9. The molecule has 0 atom stereocenters. The summed E-state index contributed by atoms with van der Waals surface area (Å²) in [5.41, 5.74) is 0.120. The predicted octanol–water partition coefficient (Wildman–Crippen LogP) is 1.96. The van der Waals surface area contributed by atoms with Crippen LogP contribution < -0.4 is 4.90 Å². The van der Waals surface area contributed by atoms with Crippen molar-refractivity contribution in [2.24, 2.45) is 0 Å². The molecule has 3 rings (SSSR count). The highest BCUT2D eigenvalue weighted by Gasteiger charge is 2.43. The van der Waals surface area contributed by atoms with Crippen molar-refractivity contribution < 1.29 is 18.7 Å². The van der Waals surface area contributed by atoms with Gasteiger partial charge in [-0.2, -0.15) is 0 Å². The molecule has 2 amide bonds. The fraction of sp³-hybridized carbons (Fsp3) is 0.529. The lowest BCUT2D eigenvalue weighted by Gasteiger charge is -2.47. The Morgan fingerprint density at radius 1 is 1.35 bits per heavy atom. The van der Waals surface area contributed by atoms with Crippen LogP contribution in [0, 0.1) is 5.82 Å². The summed E-state index contributed by atoms with van der Waals surface area (Å²) in [6.07, 6.45) is 1.89. The number of carbonyl (C=O) groups excluding carboxylic acids is 2. The minimum atomic E-state index is -0.440. The van der Waals surface area contributed by atoms with Crippen molar-refractivity contribution in [3.63, 3.8) is 0 Å². The van der Waals surface area contributed by atoms with E-state index in [0.29, 0.717) is 44.6 Å². The maximum atomic E-state index is 13.4. The van der Waals surface area contributed by atoms with E-state index < -0.39 is 5.60 Å². The van der Waals surface area contributed by atoms with Gasteiger partial charge in [-0.3, -0.25) is 9.59 Å². The molecule has 0 radical (unpaired) electrons. The van der Waals surface area contributed by atoms with Crippen LogP contribution in [0.3, 0.4) is 0 Å². The molecular weight excluding hydrogens is 299 g/mol. The van der Waals surface area contributed by atoms with Crippen LogP contribution in [0.5, 0.6) is 0 Å². The number of likely N-dealkylation sites (tertiary alicyclic amines) is 1. The van der Waals surface area contributed by atoms with E-state index in [1.54, 1.807) is 17.0 Å². The lowest BCUT2D eigenvalue weighted by Crippen LogP contribution is -2.59. The zero-order chi connectivity index (χ0) is 16.4. The highest BCUT2D eigenvalue weighted by Crippen LogP contribution is 2.33. The Kier molecular flexibility index (Phi) is 4.35. The Balaban J connectivity index is 1.73. The number of morpholine rings is 1. The molecule has 1 aromatic carbocycles. The van der Waals surface area contributed by atoms with Crippen molar-refractivity contribution in [2.45, 2.75) is 31.8 Å². The fourth-order valence-electron chi connectivity index (χ4n) is 3.28. The van der Waals surface area contributed by atoms with Crippen molar-refractivity contribution in [1.82, 2.24) is 4.90 Å². The molecule has 0 aliphatic carbocycles. The SMILES string of the molecule is CCC(=O)N1CCC2(CC1)CN(c1cccc(F)c1)C(=O)CO2. The molecule has 2 saturated heterocycles. The monoisotopic (exact) mass is 320 g/mol. The Morgan fingerprint density at radius 3 is 2.74 bits per heavy atom. The van der Waals surface area contributed by atoms with Crippen molar-refractivity contribution in [3.05, 3.63) is 30.1 Å². The quantitative estimate of drug-likeness (QED) is 0.837. The smallest absolute Gasteiger partial charge is 0.253 e. The van der Waals surface area contributed by atoms with Crippen molar-refractivity contribution in [2.75, 3.05) is 31.1 Å². The summed E-state index contributed by atoms with van der Waals surface area (Å²) in [7, 11) is 0. The minimum Gasteiger partial charge on any atom is -0.363 e. The van der Waals surface area contributed by atoms with E-state index in [1.807, 2.05) is 11.8 Å². The van der Waals surface area contributed by atoms with Crippen LogP contribution >= 0.6 is 0 Å². The van der Waals surface area contributed by atoms with Gasteiger partial charge in [0.15, 0.2) is 0 Å². The number of hydrogen-bond donors (Lipinski definition) is 0. The second kappa shape index (κ2) is 6.28. The molecule has 2 aliphatic rings. The van der Waals surface area contributed by atoms with Crippen molar-refractivity contribution in [3.8, 4) is 0 Å². The molecule has 1 spiro atoms. The number of carbonyl (C=O) groups is 2. The van der Waals surface area contributed by atoms with E-state index in [1.165, 1.54) is 12.1 Å². The van der Waals surface area contributed by atoms with Gasteiger partial charge in [-0.25, -0.2) is 4.39 Å². The summed E-state index contributed by atoms with van der Waals surface area (Å²) in [5, 5.41) is 0. The number of halogens is 1. The number of ether oxygens (including phenoxy) is 1. The first-order valence-electron chi connectivity index (χ1n) is 8.01. The zero-order valence-electron chi connectivity index (χ0n) is 13.3. The Bertz CT molecular complexity index is 612. The molecule has 0 bridgehead atoms. The Labute approximate surface area is 135 Å². The van der Waals surface area contributed by atoms with Gasteiger partial charge in [0.05, 0.1) is 12.1 Å². The molecule has 1 aromatic rings. The van der Waals surface area contributed by atoms with Gasteiger partial charge in [-0.15, -0.1) is 0 Å². The molecule has 2 fully saturated rings. The van der Waals surface area contributed by atoms with Gasteiger partial charge in [0.25, 0.3) is 5.91 Å². The van der Waals surface area contributed by atoms with Gasteiger partial charge in [-0.1, -0.05) is 13.0 Å². The molecule has 23 heavy (non-hydrogen) atoms. The summed E-state index contributed by atoms with van der Waals surface area (Å²) < 4.78 is 19.3. The predicted molar refractivity (Wildman–Crippen MR) is 83.5 cm³/mol. The zero-order valence-corrected chi connectivity index (χ0v) is 13.3. The second-order valence-corrected chi connectivity index (χ2v) is 6.17. The second-order valence-electron chi connectivity index (χ2n) is 6.17. The van der Waals surface area contributed by atoms with E-state index in [0.717, 1.165) is 0 Å². The largest absolute Gasteiger partial charge is 0.363 e. The number of nitrogens with zero attached hydrogens (tertiary/aromatic N) is 2. The molecule has 5 nitrogen and oxygen atoms in total. The average molecular weight is 320 g/mol. The molecule has 0 N–H and O–H groups in total. The number of anilines is 1. The van der Waals surface area contributed by atoms with Crippen LogP contribution in [0.4, 0.5) is 10.1 Å². The standard InChI is InChI=1S/C17H21FN2O3/c1-2-15(21)19-8-6-17(7-9-19)12-20(16(22)11-23-17)14-5-3-4-13(18)10-14/h3-5,10H,2,6-9,11-12H2,1H3. The van der Waals surface area contributed by atoms with Crippen LogP contribution in [0.2, 0.25) is 0 Å². The van der Waals surface area contributed by atoms with Gasteiger partial charge in [0.2, 0.25) is 5.91 Å². The third-order valence-corrected chi connectivity index (χ3v) is 4.70. The summed E-state index contributed by atoms with van der Waals surface area (Å²) in [4.78, 5) is 27.4. The van der Waals surface area contributed by atoms with Gasteiger partial charge >= 0.3 is 0 Å². The maximum absolute atomic E-state index is 13.4. The molecule has 124 valence electrons. The number of piperidine rings is 1. The van der Waals surface area contributed by atoms with Gasteiger partial charge in [0.1, 0.15) is 12.4 Å². The third-order valence-electron chi connectivity index (χ3n) is 4.70. The highest BCUT2D eigenvalue weighted by atomic mass is 19.1. The molecule has 2 heterocycles. The number of amides is 2. The highest BCUT2D eigenvalue weighted by molar-refractivity contribution is 5.95. The van der Waals surface area contributed by atoms with E-state index in [2.05, 4.69) is 0 Å². The molecule has 2 aliphatic heterocycles. The lowest BCUT2D eigenvalue weighted by molar-refractivity contribution is -0.150. The van der Waals surface area contributed by atoms with Gasteiger partial charge < -0.3 is 14.5 Å². The average Bonchev–Trinajstić information content (AvgIpc) is 2.57. The summed E-state index contributed by atoms with van der Waals surface area (Å²) >= 11 is 0. The van der Waals surface area contributed by atoms with Crippen LogP contribution in [-0.2, 0) is 14.3 Å². The third kappa shape index (κ3) is 3.22. The first-order chi connectivity index (χ1) is 11.0.